The predicted octanol–water partition coefficient (Wildman–Crippen LogP) is 4.77. The Morgan fingerprint density at radius 3 is 2.80 bits per heavy atom. The summed E-state index contributed by atoms with van der Waals surface area (Å²) in [5.74, 6) is 1.88. The highest BCUT2D eigenvalue weighted by atomic mass is 79.9. The topological polar surface area (TPSA) is 17.8 Å². The number of aryl methyl sites for hydroxylation is 1. The highest BCUT2D eigenvalue weighted by Gasteiger charge is 2.45. The van der Waals surface area contributed by atoms with Crippen LogP contribution in [0.4, 0.5) is 4.39 Å². The van der Waals surface area contributed by atoms with E-state index in [2.05, 4.69) is 39.3 Å². The van der Waals surface area contributed by atoms with E-state index in [0.29, 0.717) is 33.6 Å². The minimum atomic E-state index is -0.272. The molecule has 1 heterocycles. The molecule has 5 heteroatoms. The summed E-state index contributed by atoms with van der Waals surface area (Å²) in [6.07, 6.45) is 1.94. The highest BCUT2D eigenvalue weighted by Crippen LogP contribution is 2.52. The van der Waals surface area contributed by atoms with Crippen molar-refractivity contribution in [2.24, 2.45) is 11.3 Å². The molecule has 20 heavy (non-hydrogen) atoms. The molecule has 1 aliphatic carbocycles. The van der Waals surface area contributed by atoms with Crippen LogP contribution in [0.1, 0.15) is 26.1 Å². The molecule has 2 aromatic rings. The van der Waals surface area contributed by atoms with E-state index in [4.69, 9.17) is 11.6 Å². The van der Waals surface area contributed by atoms with E-state index in [1.165, 1.54) is 12.5 Å². The first kappa shape index (κ1) is 14.3. The fraction of sp³-hybridized carbons (Fsp3) is 0.533. The first-order chi connectivity index (χ1) is 9.42. The Hall–Kier alpha value is -0.610. The Morgan fingerprint density at radius 2 is 2.20 bits per heavy atom. The number of hydrogen-bond donors (Lipinski definition) is 0. The molecule has 2 nitrogen and oxygen atoms in total. The van der Waals surface area contributed by atoms with Crippen LogP contribution < -0.4 is 0 Å². The fourth-order valence-corrected chi connectivity index (χ4v) is 3.26. The predicted molar refractivity (Wildman–Crippen MR) is 83.7 cm³/mol. The number of halogens is 3. The Labute approximate surface area is 131 Å². The normalized spacial score (nSPS) is 20.6. The molecule has 1 aromatic carbocycles. The van der Waals surface area contributed by atoms with Crippen molar-refractivity contribution in [2.75, 3.05) is 5.88 Å². The van der Waals surface area contributed by atoms with Gasteiger partial charge in [0.25, 0.3) is 0 Å². The van der Waals surface area contributed by atoms with Crippen molar-refractivity contribution < 1.29 is 4.39 Å². The second kappa shape index (κ2) is 4.99. The van der Waals surface area contributed by atoms with E-state index in [-0.39, 0.29) is 5.82 Å². The lowest BCUT2D eigenvalue weighted by atomic mass is 10.1. The Balaban J connectivity index is 2.06. The Bertz CT molecular complexity index is 665. The number of benzene rings is 1. The maximum atomic E-state index is 13.7. The number of alkyl halides is 1. The van der Waals surface area contributed by atoms with Gasteiger partial charge in [-0.3, -0.25) is 0 Å². The molecule has 1 aliphatic rings. The lowest BCUT2D eigenvalue weighted by Crippen LogP contribution is -2.08. The highest BCUT2D eigenvalue weighted by molar-refractivity contribution is 9.10. The molecule has 0 N–H and O–H groups in total. The molecule has 108 valence electrons. The summed E-state index contributed by atoms with van der Waals surface area (Å²) in [4.78, 5) is 4.55. The van der Waals surface area contributed by atoms with Gasteiger partial charge in [-0.1, -0.05) is 13.8 Å². The Morgan fingerprint density at radius 1 is 1.50 bits per heavy atom. The molecule has 3 rings (SSSR count). The molecular weight excluding hydrogens is 343 g/mol. The van der Waals surface area contributed by atoms with Gasteiger partial charge in [0.05, 0.1) is 15.5 Å². The number of aromatic nitrogens is 2. The summed E-state index contributed by atoms with van der Waals surface area (Å²) in [5, 5.41) is 0. The van der Waals surface area contributed by atoms with Crippen LogP contribution in [0.5, 0.6) is 0 Å². The molecule has 1 saturated carbocycles. The zero-order valence-corrected chi connectivity index (χ0v) is 13.9. The number of rotatable bonds is 4. The second-order valence-electron chi connectivity index (χ2n) is 6.22. The maximum absolute atomic E-state index is 13.7. The van der Waals surface area contributed by atoms with Gasteiger partial charge in [-0.25, -0.2) is 9.37 Å². The van der Waals surface area contributed by atoms with Crippen molar-refractivity contribution in [3.05, 3.63) is 28.2 Å². The van der Waals surface area contributed by atoms with Crippen LogP contribution in [0.3, 0.4) is 0 Å². The van der Waals surface area contributed by atoms with E-state index >= 15 is 0 Å². The molecule has 1 unspecified atom stereocenters. The lowest BCUT2D eigenvalue weighted by Gasteiger charge is -2.10. The third kappa shape index (κ3) is 2.48. The quantitative estimate of drug-likeness (QED) is 0.719. The van der Waals surface area contributed by atoms with Gasteiger partial charge in [0, 0.05) is 24.9 Å². The van der Waals surface area contributed by atoms with Gasteiger partial charge in [-0.15, -0.1) is 11.6 Å². The van der Waals surface area contributed by atoms with Gasteiger partial charge >= 0.3 is 0 Å². The SMILES string of the molecule is CC1(C)CC1Cn1c(CCCl)nc2cc(F)c(Br)cc21. The fourth-order valence-electron chi connectivity index (χ4n) is 2.76. The minimum absolute atomic E-state index is 0.272. The van der Waals surface area contributed by atoms with Gasteiger partial charge in [0.15, 0.2) is 0 Å². The molecule has 0 aliphatic heterocycles. The maximum Gasteiger partial charge on any atom is 0.139 e. The van der Waals surface area contributed by atoms with Crippen molar-refractivity contribution in [1.29, 1.82) is 0 Å². The molecule has 0 amide bonds. The second-order valence-corrected chi connectivity index (χ2v) is 7.45. The molecule has 0 saturated heterocycles. The third-order valence-electron chi connectivity index (χ3n) is 4.31. The van der Waals surface area contributed by atoms with Crippen molar-refractivity contribution in [1.82, 2.24) is 9.55 Å². The minimum Gasteiger partial charge on any atom is -0.328 e. The van der Waals surface area contributed by atoms with E-state index in [1.807, 2.05) is 6.07 Å². The molecule has 1 atom stereocenters. The summed E-state index contributed by atoms with van der Waals surface area (Å²) in [6.45, 7) is 5.51. The summed E-state index contributed by atoms with van der Waals surface area (Å²) in [7, 11) is 0. The van der Waals surface area contributed by atoms with Gasteiger partial charge in [0.2, 0.25) is 0 Å². The molecule has 1 aromatic heterocycles. The summed E-state index contributed by atoms with van der Waals surface area (Å²) in [6, 6.07) is 3.32. The van der Waals surface area contributed by atoms with E-state index in [1.54, 1.807) is 0 Å². The smallest absolute Gasteiger partial charge is 0.139 e. The first-order valence-electron chi connectivity index (χ1n) is 6.82. The number of hydrogen-bond acceptors (Lipinski definition) is 1. The number of imidazole rings is 1. The van der Waals surface area contributed by atoms with Crippen molar-refractivity contribution >= 4 is 38.6 Å². The van der Waals surface area contributed by atoms with E-state index in [9.17, 15) is 4.39 Å². The molecule has 1 fully saturated rings. The average molecular weight is 360 g/mol. The van der Waals surface area contributed by atoms with Crippen LogP contribution >= 0.6 is 27.5 Å². The molecule has 0 radical (unpaired) electrons. The first-order valence-corrected chi connectivity index (χ1v) is 8.15. The van der Waals surface area contributed by atoms with E-state index in [0.717, 1.165) is 17.9 Å². The Kier molecular flexibility index (Phi) is 3.57. The molecule has 0 bridgehead atoms. The molecular formula is C15H17BrClFN2. The lowest BCUT2D eigenvalue weighted by molar-refractivity contribution is 0.496. The van der Waals surface area contributed by atoms with Crippen molar-refractivity contribution in [3.8, 4) is 0 Å². The van der Waals surface area contributed by atoms with Crippen LogP contribution in [0.25, 0.3) is 11.0 Å². The van der Waals surface area contributed by atoms with Crippen molar-refractivity contribution in [2.45, 2.75) is 33.2 Å². The summed E-state index contributed by atoms with van der Waals surface area (Å²) < 4.78 is 16.3. The molecule has 0 spiro atoms. The van der Waals surface area contributed by atoms with E-state index < -0.39 is 0 Å². The van der Waals surface area contributed by atoms with Crippen LogP contribution in [-0.4, -0.2) is 15.4 Å². The van der Waals surface area contributed by atoms with Crippen LogP contribution in [0, 0.1) is 17.2 Å². The summed E-state index contributed by atoms with van der Waals surface area (Å²) in [5.41, 5.74) is 2.11. The largest absolute Gasteiger partial charge is 0.328 e. The number of nitrogens with zero attached hydrogens (tertiary/aromatic N) is 2. The third-order valence-corrected chi connectivity index (χ3v) is 5.10. The monoisotopic (exact) mass is 358 g/mol. The van der Waals surface area contributed by atoms with Gasteiger partial charge in [0.1, 0.15) is 11.6 Å². The van der Waals surface area contributed by atoms with Gasteiger partial charge in [-0.2, -0.15) is 0 Å². The zero-order chi connectivity index (χ0) is 14.5. The van der Waals surface area contributed by atoms with Crippen LogP contribution in [-0.2, 0) is 13.0 Å². The van der Waals surface area contributed by atoms with Crippen LogP contribution in [0.15, 0.2) is 16.6 Å². The van der Waals surface area contributed by atoms with Crippen LogP contribution in [0.2, 0.25) is 0 Å². The van der Waals surface area contributed by atoms with Gasteiger partial charge < -0.3 is 4.57 Å². The van der Waals surface area contributed by atoms with Crippen molar-refractivity contribution in [3.63, 3.8) is 0 Å². The standard InChI is InChI=1S/C15H17BrClFN2/c1-15(2)7-9(15)8-20-13-5-10(16)11(18)6-12(13)19-14(20)3-4-17/h5-6,9H,3-4,7-8H2,1-2H3. The van der Waals surface area contributed by atoms with Gasteiger partial charge in [-0.05, 0) is 39.8 Å². The summed E-state index contributed by atoms with van der Waals surface area (Å²) >= 11 is 9.13. The average Bonchev–Trinajstić information content (AvgIpc) is 2.84. The number of fused-ring (bicyclic) bond motifs is 1. The zero-order valence-electron chi connectivity index (χ0n) is 11.6.